The largest absolute Gasteiger partial charge is 0.341 e. The maximum absolute atomic E-state index is 12.2. The third kappa shape index (κ3) is 4.03. The maximum atomic E-state index is 12.2. The van der Waals surface area contributed by atoms with Crippen LogP contribution in [0.15, 0.2) is 12.4 Å². The number of amides is 1. The van der Waals surface area contributed by atoms with Gasteiger partial charge in [0.2, 0.25) is 5.91 Å². The second-order valence-corrected chi connectivity index (χ2v) is 6.72. The summed E-state index contributed by atoms with van der Waals surface area (Å²) in [5, 5.41) is 3.47. The highest BCUT2D eigenvalue weighted by molar-refractivity contribution is 5.79. The van der Waals surface area contributed by atoms with Crippen molar-refractivity contribution in [2.24, 2.45) is 5.92 Å². The molecule has 5 heteroatoms. The summed E-state index contributed by atoms with van der Waals surface area (Å²) in [4.78, 5) is 22.7. The molecule has 5 nitrogen and oxygen atoms in total. The van der Waals surface area contributed by atoms with Crippen LogP contribution in [0.2, 0.25) is 0 Å². The highest BCUT2D eigenvalue weighted by Crippen LogP contribution is 2.26. The summed E-state index contributed by atoms with van der Waals surface area (Å²) in [6.45, 7) is 4.43. The average molecular weight is 302 g/mol. The monoisotopic (exact) mass is 302 g/mol. The van der Waals surface area contributed by atoms with Gasteiger partial charge in [-0.15, -0.1) is 0 Å². The van der Waals surface area contributed by atoms with Gasteiger partial charge in [-0.05, 0) is 25.7 Å². The molecule has 120 valence electrons. The average Bonchev–Trinajstić information content (AvgIpc) is 2.88. The first-order chi connectivity index (χ1) is 10.7. The van der Waals surface area contributed by atoms with Gasteiger partial charge in [0.25, 0.3) is 0 Å². The van der Waals surface area contributed by atoms with Crippen LogP contribution in [-0.2, 0) is 11.3 Å². The van der Waals surface area contributed by atoms with Crippen molar-refractivity contribution < 1.29 is 4.79 Å². The minimum absolute atomic E-state index is 0.261. The second-order valence-electron chi connectivity index (χ2n) is 6.72. The van der Waals surface area contributed by atoms with Crippen molar-refractivity contribution >= 4 is 5.91 Å². The van der Waals surface area contributed by atoms with Gasteiger partial charge in [-0.3, -0.25) is 4.79 Å². The zero-order valence-corrected chi connectivity index (χ0v) is 13.4. The highest BCUT2D eigenvalue weighted by Gasteiger charge is 2.30. The van der Waals surface area contributed by atoms with Gasteiger partial charge in [0.1, 0.15) is 5.82 Å². The van der Waals surface area contributed by atoms with Crippen molar-refractivity contribution in [3.05, 3.63) is 23.8 Å². The predicted octanol–water partition coefficient (Wildman–Crippen LogP) is 2.06. The van der Waals surface area contributed by atoms with Crippen LogP contribution in [0.25, 0.3) is 0 Å². The Morgan fingerprint density at radius 2 is 1.95 bits per heavy atom. The number of nitrogens with zero attached hydrogens (tertiary/aromatic N) is 3. The topological polar surface area (TPSA) is 58.1 Å². The van der Waals surface area contributed by atoms with Crippen LogP contribution in [0.3, 0.4) is 0 Å². The summed E-state index contributed by atoms with van der Waals surface area (Å²) in [5.74, 6) is 1.82. The molecular weight excluding hydrogens is 276 g/mol. The molecule has 2 heterocycles. The van der Waals surface area contributed by atoms with Gasteiger partial charge in [-0.25, -0.2) is 9.97 Å². The number of nitrogens with one attached hydrogen (secondary N) is 1. The number of aryl methyl sites for hydroxylation is 1. The van der Waals surface area contributed by atoms with E-state index in [9.17, 15) is 4.79 Å². The fourth-order valence-corrected chi connectivity index (χ4v) is 3.54. The van der Waals surface area contributed by atoms with E-state index in [4.69, 9.17) is 0 Å². The Morgan fingerprint density at radius 1 is 1.23 bits per heavy atom. The Labute approximate surface area is 132 Å². The Bertz CT molecular complexity index is 496. The Morgan fingerprint density at radius 3 is 2.68 bits per heavy atom. The lowest BCUT2D eigenvalue weighted by atomic mass is 9.89. The number of aromatic nitrogens is 2. The summed E-state index contributed by atoms with van der Waals surface area (Å²) in [6, 6.07) is 0.261. The molecule has 0 spiro atoms. The van der Waals surface area contributed by atoms with Crippen molar-refractivity contribution in [1.82, 2.24) is 20.2 Å². The van der Waals surface area contributed by atoms with Crippen molar-refractivity contribution in [2.45, 2.75) is 58.0 Å². The van der Waals surface area contributed by atoms with E-state index in [2.05, 4.69) is 20.2 Å². The summed E-state index contributed by atoms with van der Waals surface area (Å²) in [6.07, 6.45) is 11.0. The van der Waals surface area contributed by atoms with E-state index < -0.39 is 0 Å². The maximum Gasteiger partial charge on any atom is 0.224 e. The van der Waals surface area contributed by atoms with Gasteiger partial charge in [-0.1, -0.05) is 19.3 Å². The zero-order chi connectivity index (χ0) is 15.4. The lowest BCUT2D eigenvalue weighted by molar-refractivity contribution is -0.128. The van der Waals surface area contributed by atoms with Crippen molar-refractivity contribution in [2.75, 3.05) is 13.1 Å². The number of likely N-dealkylation sites (tertiary alicyclic amines) is 1. The molecular formula is C17H26N4O. The molecule has 1 unspecified atom stereocenters. The van der Waals surface area contributed by atoms with Crippen LogP contribution < -0.4 is 5.32 Å². The Kier molecular flexibility index (Phi) is 5.03. The van der Waals surface area contributed by atoms with Crippen molar-refractivity contribution in [3.63, 3.8) is 0 Å². The molecule has 1 aliphatic heterocycles. The minimum Gasteiger partial charge on any atom is -0.341 e. The number of carbonyl (C=O) groups is 1. The molecule has 1 saturated carbocycles. The standard InChI is InChI=1S/C17H26N4O/c1-13-18-8-15(9-19-13)10-20-16-7-17(22)21(12-16)11-14-5-3-2-4-6-14/h8-9,14,16,20H,2-7,10-12H2,1H3. The fourth-order valence-electron chi connectivity index (χ4n) is 3.54. The van der Waals surface area contributed by atoms with Gasteiger partial charge >= 0.3 is 0 Å². The van der Waals surface area contributed by atoms with E-state index in [1.807, 2.05) is 19.3 Å². The van der Waals surface area contributed by atoms with Gasteiger partial charge in [0.05, 0.1) is 0 Å². The number of rotatable bonds is 5. The molecule has 1 aliphatic carbocycles. The molecule has 3 rings (SSSR count). The van der Waals surface area contributed by atoms with Gasteiger partial charge in [0.15, 0.2) is 0 Å². The number of hydrogen-bond acceptors (Lipinski definition) is 4. The van der Waals surface area contributed by atoms with Gasteiger partial charge < -0.3 is 10.2 Å². The van der Waals surface area contributed by atoms with E-state index in [0.717, 1.165) is 36.9 Å². The van der Waals surface area contributed by atoms with Crippen LogP contribution in [0.1, 0.15) is 49.9 Å². The predicted molar refractivity (Wildman–Crippen MR) is 85.2 cm³/mol. The summed E-state index contributed by atoms with van der Waals surface area (Å²) in [5.41, 5.74) is 1.07. The Hall–Kier alpha value is -1.49. The van der Waals surface area contributed by atoms with Crippen molar-refractivity contribution in [1.29, 1.82) is 0 Å². The minimum atomic E-state index is 0.261. The van der Waals surface area contributed by atoms with Gasteiger partial charge in [-0.2, -0.15) is 0 Å². The number of carbonyl (C=O) groups excluding carboxylic acids is 1. The first kappa shape index (κ1) is 15.4. The van der Waals surface area contributed by atoms with Crippen molar-refractivity contribution in [3.8, 4) is 0 Å². The first-order valence-electron chi connectivity index (χ1n) is 8.49. The van der Waals surface area contributed by atoms with E-state index in [0.29, 0.717) is 12.3 Å². The summed E-state index contributed by atoms with van der Waals surface area (Å²) in [7, 11) is 0. The molecule has 1 atom stereocenters. The first-order valence-corrected chi connectivity index (χ1v) is 8.49. The molecule has 0 bridgehead atoms. The molecule has 1 aromatic rings. The number of hydrogen-bond donors (Lipinski definition) is 1. The van der Waals surface area contributed by atoms with E-state index in [1.54, 1.807) is 0 Å². The molecule has 1 amide bonds. The fraction of sp³-hybridized carbons (Fsp3) is 0.706. The SMILES string of the molecule is Cc1ncc(CNC2CC(=O)N(CC3CCCCC3)C2)cn1. The molecule has 1 N–H and O–H groups in total. The highest BCUT2D eigenvalue weighted by atomic mass is 16.2. The molecule has 1 aromatic heterocycles. The van der Waals surface area contributed by atoms with E-state index in [1.165, 1.54) is 32.1 Å². The van der Waals surface area contributed by atoms with Crippen LogP contribution in [-0.4, -0.2) is 39.9 Å². The van der Waals surface area contributed by atoms with Crippen LogP contribution in [0, 0.1) is 12.8 Å². The lowest BCUT2D eigenvalue weighted by Crippen LogP contribution is -2.35. The smallest absolute Gasteiger partial charge is 0.224 e. The third-order valence-corrected chi connectivity index (χ3v) is 4.85. The zero-order valence-electron chi connectivity index (χ0n) is 13.4. The van der Waals surface area contributed by atoms with Crippen LogP contribution in [0.4, 0.5) is 0 Å². The van der Waals surface area contributed by atoms with Crippen LogP contribution in [0.5, 0.6) is 0 Å². The normalized spacial score (nSPS) is 23.2. The third-order valence-electron chi connectivity index (χ3n) is 4.85. The molecule has 2 fully saturated rings. The Balaban J connectivity index is 1.45. The summed E-state index contributed by atoms with van der Waals surface area (Å²) < 4.78 is 0. The molecule has 0 radical (unpaired) electrons. The van der Waals surface area contributed by atoms with Crippen LogP contribution >= 0.6 is 0 Å². The molecule has 22 heavy (non-hydrogen) atoms. The second kappa shape index (κ2) is 7.18. The summed E-state index contributed by atoms with van der Waals surface area (Å²) >= 11 is 0. The van der Waals surface area contributed by atoms with E-state index in [-0.39, 0.29) is 6.04 Å². The molecule has 2 aliphatic rings. The lowest BCUT2D eigenvalue weighted by Gasteiger charge is -2.27. The quantitative estimate of drug-likeness (QED) is 0.904. The van der Waals surface area contributed by atoms with Gasteiger partial charge in [0, 0.05) is 50.1 Å². The van der Waals surface area contributed by atoms with E-state index >= 15 is 0 Å². The molecule has 1 saturated heterocycles. The molecule has 0 aromatic carbocycles.